The molecule has 3 aromatic carbocycles. The molecule has 1 N–H and O–H groups in total. The first-order valence-electron chi connectivity index (χ1n) is 11.6. The van der Waals surface area contributed by atoms with Crippen molar-refractivity contribution in [2.45, 2.75) is 25.1 Å². The first-order chi connectivity index (χ1) is 16.6. The molecule has 4 aromatic rings. The molecule has 0 unspecified atom stereocenters. The molecule has 0 saturated carbocycles. The van der Waals surface area contributed by atoms with E-state index in [1.54, 1.807) is 23.9 Å². The molecule has 5 rings (SSSR count). The van der Waals surface area contributed by atoms with Gasteiger partial charge in [-0.15, -0.1) is 11.8 Å². The van der Waals surface area contributed by atoms with E-state index in [4.69, 9.17) is 4.74 Å². The number of hydrogen-bond donors (Lipinski definition) is 1. The number of carbonyl (C=O) groups is 1. The van der Waals surface area contributed by atoms with Gasteiger partial charge in [0.05, 0.1) is 18.4 Å². The van der Waals surface area contributed by atoms with Crippen LogP contribution in [0.2, 0.25) is 0 Å². The number of carbonyl (C=O) groups excluding carboxylic acids is 1. The van der Waals surface area contributed by atoms with Crippen molar-refractivity contribution < 1.29 is 13.9 Å². The van der Waals surface area contributed by atoms with E-state index in [2.05, 4.69) is 35.3 Å². The molecule has 1 amide bonds. The number of aromatic amines is 1. The molecule has 0 fully saturated rings. The van der Waals surface area contributed by atoms with Crippen molar-refractivity contribution in [1.82, 2.24) is 9.88 Å². The summed E-state index contributed by atoms with van der Waals surface area (Å²) >= 11 is 1.56. The van der Waals surface area contributed by atoms with Crippen LogP contribution in [-0.4, -0.2) is 34.7 Å². The van der Waals surface area contributed by atoms with E-state index in [-0.39, 0.29) is 17.8 Å². The summed E-state index contributed by atoms with van der Waals surface area (Å²) in [5.41, 5.74) is 5.56. The minimum atomic E-state index is -0.245. The molecule has 2 heterocycles. The van der Waals surface area contributed by atoms with Crippen LogP contribution >= 0.6 is 11.8 Å². The number of amides is 1. The van der Waals surface area contributed by atoms with Gasteiger partial charge in [0.2, 0.25) is 5.91 Å². The number of nitrogens with zero attached hydrogens (tertiary/aromatic N) is 1. The highest BCUT2D eigenvalue weighted by atomic mass is 32.2. The molecule has 1 aliphatic heterocycles. The summed E-state index contributed by atoms with van der Waals surface area (Å²) in [5.74, 6) is 1.73. The molecular formula is C28H27FN2O2S. The molecule has 1 aliphatic rings. The molecular weight excluding hydrogens is 447 g/mol. The van der Waals surface area contributed by atoms with Gasteiger partial charge in [0.25, 0.3) is 0 Å². The van der Waals surface area contributed by atoms with Crippen LogP contribution in [0.4, 0.5) is 4.39 Å². The number of benzene rings is 3. The van der Waals surface area contributed by atoms with Crippen molar-refractivity contribution in [3.05, 3.63) is 101 Å². The van der Waals surface area contributed by atoms with Crippen LogP contribution < -0.4 is 4.74 Å². The standard InChI is InChI=1S/C28H27FN2O2S/c1-2-33-22-13-9-20(10-14-22)28-27-24(23-5-3-4-6-25(23)30-27)15-16-31(28)26(32)18-34-17-19-7-11-21(29)12-8-19/h3-14,28,30H,2,15-18H2,1H3/t28-/m0/s1. The average Bonchev–Trinajstić information content (AvgIpc) is 3.24. The van der Waals surface area contributed by atoms with Crippen LogP contribution in [0.5, 0.6) is 5.75 Å². The average molecular weight is 475 g/mol. The molecule has 34 heavy (non-hydrogen) atoms. The van der Waals surface area contributed by atoms with E-state index >= 15 is 0 Å². The number of ether oxygens (including phenoxy) is 1. The minimum Gasteiger partial charge on any atom is -0.494 e. The van der Waals surface area contributed by atoms with E-state index in [1.807, 2.05) is 30.0 Å². The van der Waals surface area contributed by atoms with Crippen LogP contribution in [0.1, 0.15) is 35.3 Å². The number of para-hydroxylation sites is 1. The normalized spacial score (nSPS) is 15.4. The number of nitrogens with one attached hydrogen (secondary N) is 1. The summed E-state index contributed by atoms with van der Waals surface area (Å²) in [6.07, 6.45) is 0.821. The number of thioether (sulfide) groups is 1. The molecule has 0 radical (unpaired) electrons. The van der Waals surface area contributed by atoms with Gasteiger partial charge < -0.3 is 14.6 Å². The maximum Gasteiger partial charge on any atom is 0.233 e. The second-order valence-corrected chi connectivity index (χ2v) is 9.41. The highest BCUT2D eigenvalue weighted by Gasteiger charge is 2.34. The van der Waals surface area contributed by atoms with E-state index in [1.165, 1.54) is 23.1 Å². The Bertz CT molecular complexity index is 1280. The predicted octanol–water partition coefficient (Wildman–Crippen LogP) is 6.11. The Hall–Kier alpha value is -3.25. The van der Waals surface area contributed by atoms with Gasteiger partial charge in [0.15, 0.2) is 0 Å². The van der Waals surface area contributed by atoms with Crippen molar-refractivity contribution in [2.24, 2.45) is 0 Å². The number of hydrogen-bond acceptors (Lipinski definition) is 3. The topological polar surface area (TPSA) is 45.3 Å². The van der Waals surface area contributed by atoms with Crippen molar-refractivity contribution >= 4 is 28.6 Å². The third-order valence-corrected chi connectivity index (χ3v) is 7.26. The van der Waals surface area contributed by atoms with E-state index in [0.717, 1.165) is 34.5 Å². The lowest BCUT2D eigenvalue weighted by Gasteiger charge is -2.36. The SMILES string of the molecule is CCOc1ccc([C@H]2c3[nH]c4ccccc4c3CCN2C(=O)CSCc2ccc(F)cc2)cc1. The minimum absolute atomic E-state index is 0.107. The molecule has 0 spiro atoms. The molecule has 0 bridgehead atoms. The Morgan fingerprint density at radius 3 is 2.62 bits per heavy atom. The molecule has 4 nitrogen and oxygen atoms in total. The molecule has 1 atom stereocenters. The molecule has 1 aromatic heterocycles. The number of H-pyrrole nitrogens is 1. The van der Waals surface area contributed by atoms with Gasteiger partial charge in [0, 0.05) is 28.9 Å². The van der Waals surface area contributed by atoms with Crippen LogP contribution in [0, 0.1) is 5.82 Å². The van der Waals surface area contributed by atoms with Gasteiger partial charge in [0.1, 0.15) is 11.6 Å². The number of rotatable bonds is 7. The second kappa shape index (κ2) is 9.94. The largest absolute Gasteiger partial charge is 0.494 e. The first kappa shape index (κ1) is 22.5. The van der Waals surface area contributed by atoms with Gasteiger partial charge >= 0.3 is 0 Å². The van der Waals surface area contributed by atoms with Crippen molar-refractivity contribution in [3.8, 4) is 5.75 Å². The zero-order chi connectivity index (χ0) is 23.5. The zero-order valence-corrected chi connectivity index (χ0v) is 19.9. The van der Waals surface area contributed by atoms with Gasteiger partial charge in [-0.05, 0) is 60.4 Å². The Kier molecular flexibility index (Phi) is 6.59. The van der Waals surface area contributed by atoms with Crippen LogP contribution in [-0.2, 0) is 17.0 Å². The summed E-state index contributed by atoms with van der Waals surface area (Å²) < 4.78 is 18.8. The lowest BCUT2D eigenvalue weighted by Crippen LogP contribution is -2.41. The van der Waals surface area contributed by atoms with Crippen molar-refractivity contribution in [2.75, 3.05) is 18.9 Å². The molecule has 6 heteroatoms. The molecule has 174 valence electrons. The maximum absolute atomic E-state index is 13.4. The quantitative estimate of drug-likeness (QED) is 0.351. The van der Waals surface area contributed by atoms with Gasteiger partial charge in [-0.2, -0.15) is 0 Å². The summed E-state index contributed by atoms with van der Waals surface area (Å²) in [7, 11) is 0. The number of halogens is 1. The van der Waals surface area contributed by atoms with E-state index < -0.39 is 0 Å². The Balaban J connectivity index is 1.41. The first-order valence-corrected chi connectivity index (χ1v) is 12.7. The predicted molar refractivity (Wildman–Crippen MR) is 136 cm³/mol. The summed E-state index contributed by atoms with van der Waals surface area (Å²) in [6.45, 7) is 3.25. The number of aromatic nitrogens is 1. The van der Waals surface area contributed by atoms with E-state index in [9.17, 15) is 9.18 Å². The third kappa shape index (κ3) is 4.55. The molecule has 0 saturated heterocycles. The van der Waals surface area contributed by atoms with Gasteiger partial charge in [-0.1, -0.05) is 42.5 Å². The maximum atomic E-state index is 13.4. The monoisotopic (exact) mass is 474 g/mol. The fourth-order valence-corrected chi connectivity index (χ4v) is 5.56. The van der Waals surface area contributed by atoms with Crippen LogP contribution in [0.3, 0.4) is 0 Å². The Labute approximate surface area is 203 Å². The van der Waals surface area contributed by atoms with Crippen molar-refractivity contribution in [1.29, 1.82) is 0 Å². The number of fused-ring (bicyclic) bond motifs is 3. The van der Waals surface area contributed by atoms with Gasteiger partial charge in [-0.25, -0.2) is 4.39 Å². The van der Waals surface area contributed by atoms with Crippen LogP contribution in [0.15, 0.2) is 72.8 Å². The lowest BCUT2D eigenvalue weighted by molar-refractivity contribution is -0.130. The smallest absolute Gasteiger partial charge is 0.233 e. The summed E-state index contributed by atoms with van der Waals surface area (Å²) in [5, 5.41) is 1.23. The Morgan fingerprint density at radius 2 is 1.85 bits per heavy atom. The fraction of sp³-hybridized carbons (Fsp3) is 0.250. The summed E-state index contributed by atoms with van der Waals surface area (Å²) in [4.78, 5) is 19.0. The van der Waals surface area contributed by atoms with Crippen LogP contribution in [0.25, 0.3) is 10.9 Å². The van der Waals surface area contributed by atoms with Gasteiger partial charge in [-0.3, -0.25) is 4.79 Å². The molecule has 0 aliphatic carbocycles. The summed E-state index contributed by atoms with van der Waals surface area (Å²) in [6, 6.07) is 22.7. The second-order valence-electron chi connectivity index (χ2n) is 8.42. The van der Waals surface area contributed by atoms with E-state index in [0.29, 0.717) is 24.7 Å². The Morgan fingerprint density at radius 1 is 1.09 bits per heavy atom. The fourth-order valence-electron chi connectivity index (χ4n) is 4.69. The highest BCUT2D eigenvalue weighted by Crippen LogP contribution is 2.39. The highest BCUT2D eigenvalue weighted by molar-refractivity contribution is 7.99. The lowest BCUT2D eigenvalue weighted by atomic mass is 9.92. The zero-order valence-electron chi connectivity index (χ0n) is 19.1. The van der Waals surface area contributed by atoms with Crippen molar-refractivity contribution in [3.63, 3.8) is 0 Å². The third-order valence-electron chi connectivity index (χ3n) is 6.27.